The van der Waals surface area contributed by atoms with Crippen molar-refractivity contribution in [2.75, 3.05) is 5.73 Å². The summed E-state index contributed by atoms with van der Waals surface area (Å²) < 4.78 is 0. The van der Waals surface area contributed by atoms with Gasteiger partial charge < -0.3 is 11.1 Å². The number of halogens is 2. The molecule has 3 nitrogen and oxygen atoms in total. The van der Waals surface area contributed by atoms with Gasteiger partial charge in [-0.25, -0.2) is 0 Å². The standard InChI is InChI=1S/C15H12Cl2N2O/c16-10-5-6-11(18)14(17)13(10)15-9-4-2-1-3-8(9)7-12(20)19-15/h1-6,15H,7,18H2,(H,19,20)/t15-/m0/s1. The molecule has 0 spiro atoms. The van der Waals surface area contributed by atoms with E-state index in [0.717, 1.165) is 11.1 Å². The molecule has 0 fully saturated rings. The van der Waals surface area contributed by atoms with Gasteiger partial charge in [-0.05, 0) is 23.3 Å². The van der Waals surface area contributed by atoms with E-state index >= 15 is 0 Å². The minimum absolute atomic E-state index is 0.0525. The van der Waals surface area contributed by atoms with E-state index in [0.29, 0.717) is 27.7 Å². The SMILES string of the molecule is Nc1ccc(Cl)c([C@H]2NC(=O)Cc3ccccc32)c1Cl. The highest BCUT2D eigenvalue weighted by Crippen LogP contribution is 2.39. The largest absolute Gasteiger partial charge is 0.398 e. The molecule has 0 bridgehead atoms. The van der Waals surface area contributed by atoms with Gasteiger partial charge in [-0.1, -0.05) is 47.5 Å². The molecule has 20 heavy (non-hydrogen) atoms. The first-order valence-corrected chi connectivity index (χ1v) is 6.94. The Labute approximate surface area is 126 Å². The van der Waals surface area contributed by atoms with Crippen LogP contribution >= 0.6 is 23.2 Å². The fraction of sp³-hybridized carbons (Fsp3) is 0.133. The van der Waals surface area contributed by atoms with Gasteiger partial charge >= 0.3 is 0 Å². The van der Waals surface area contributed by atoms with Crippen molar-refractivity contribution in [3.63, 3.8) is 0 Å². The number of benzene rings is 2. The van der Waals surface area contributed by atoms with E-state index in [1.165, 1.54) is 0 Å². The van der Waals surface area contributed by atoms with Crippen LogP contribution in [0.1, 0.15) is 22.7 Å². The quantitative estimate of drug-likeness (QED) is 0.794. The van der Waals surface area contributed by atoms with E-state index in [2.05, 4.69) is 5.32 Å². The minimum Gasteiger partial charge on any atom is -0.398 e. The molecule has 1 atom stereocenters. The molecule has 0 aliphatic carbocycles. The van der Waals surface area contributed by atoms with Crippen molar-refractivity contribution >= 4 is 34.8 Å². The number of nitrogens with two attached hydrogens (primary N) is 1. The summed E-state index contributed by atoms with van der Waals surface area (Å²) in [6, 6.07) is 10.7. The smallest absolute Gasteiger partial charge is 0.225 e. The van der Waals surface area contributed by atoms with Gasteiger partial charge in [0.2, 0.25) is 5.91 Å². The Morgan fingerprint density at radius 1 is 1.15 bits per heavy atom. The average Bonchev–Trinajstić information content (AvgIpc) is 2.43. The molecule has 3 N–H and O–H groups in total. The maximum Gasteiger partial charge on any atom is 0.225 e. The maximum absolute atomic E-state index is 11.9. The first-order chi connectivity index (χ1) is 9.58. The number of amides is 1. The molecule has 1 amide bonds. The van der Waals surface area contributed by atoms with Crippen LogP contribution in [0.3, 0.4) is 0 Å². The van der Waals surface area contributed by atoms with Crippen molar-refractivity contribution in [1.29, 1.82) is 0 Å². The summed E-state index contributed by atoms with van der Waals surface area (Å²) >= 11 is 12.5. The highest BCUT2D eigenvalue weighted by molar-refractivity contribution is 6.37. The van der Waals surface area contributed by atoms with E-state index in [-0.39, 0.29) is 11.9 Å². The molecular formula is C15H12Cl2N2O. The lowest BCUT2D eigenvalue weighted by Gasteiger charge is -2.28. The van der Waals surface area contributed by atoms with E-state index < -0.39 is 0 Å². The minimum atomic E-state index is -0.365. The van der Waals surface area contributed by atoms with Crippen LogP contribution in [-0.2, 0) is 11.2 Å². The zero-order valence-corrected chi connectivity index (χ0v) is 12.0. The lowest BCUT2D eigenvalue weighted by atomic mass is 9.89. The van der Waals surface area contributed by atoms with Crippen molar-refractivity contribution in [1.82, 2.24) is 5.32 Å². The van der Waals surface area contributed by atoms with Crippen LogP contribution in [0.5, 0.6) is 0 Å². The third kappa shape index (κ3) is 2.13. The monoisotopic (exact) mass is 306 g/mol. The second kappa shape index (κ2) is 5.00. The van der Waals surface area contributed by atoms with E-state index in [1.54, 1.807) is 12.1 Å². The maximum atomic E-state index is 11.9. The Hall–Kier alpha value is -1.71. The molecule has 0 saturated heterocycles. The van der Waals surface area contributed by atoms with Gasteiger partial charge in [0.05, 0.1) is 23.2 Å². The van der Waals surface area contributed by atoms with Crippen LogP contribution in [0.25, 0.3) is 0 Å². The van der Waals surface area contributed by atoms with Crippen LogP contribution in [0.2, 0.25) is 10.0 Å². The summed E-state index contributed by atoms with van der Waals surface area (Å²) in [4.78, 5) is 11.9. The van der Waals surface area contributed by atoms with Gasteiger partial charge in [-0.3, -0.25) is 4.79 Å². The van der Waals surface area contributed by atoms with Gasteiger partial charge in [0.15, 0.2) is 0 Å². The molecule has 102 valence electrons. The zero-order chi connectivity index (χ0) is 14.3. The number of anilines is 1. The molecule has 0 unspecified atom stereocenters. The van der Waals surface area contributed by atoms with Crippen LogP contribution in [0.4, 0.5) is 5.69 Å². The molecule has 0 aromatic heterocycles. The van der Waals surface area contributed by atoms with Crippen molar-refractivity contribution < 1.29 is 4.79 Å². The number of carbonyl (C=O) groups is 1. The molecule has 3 rings (SSSR count). The highest BCUT2D eigenvalue weighted by atomic mass is 35.5. The Kier molecular flexibility index (Phi) is 3.32. The van der Waals surface area contributed by atoms with Crippen molar-refractivity contribution in [3.8, 4) is 0 Å². The first kappa shape index (κ1) is 13.3. The topological polar surface area (TPSA) is 55.1 Å². The highest BCUT2D eigenvalue weighted by Gasteiger charge is 2.29. The van der Waals surface area contributed by atoms with Crippen LogP contribution in [0.15, 0.2) is 36.4 Å². The fourth-order valence-electron chi connectivity index (χ4n) is 2.52. The Bertz CT molecular complexity index is 700. The molecule has 5 heteroatoms. The second-order valence-corrected chi connectivity index (χ2v) is 5.53. The van der Waals surface area contributed by atoms with E-state index in [4.69, 9.17) is 28.9 Å². The number of hydrogen-bond acceptors (Lipinski definition) is 2. The second-order valence-electron chi connectivity index (χ2n) is 4.74. The zero-order valence-electron chi connectivity index (χ0n) is 10.5. The van der Waals surface area contributed by atoms with Crippen LogP contribution in [0, 0.1) is 0 Å². The lowest BCUT2D eigenvalue weighted by molar-refractivity contribution is -0.121. The number of nitrogens with one attached hydrogen (secondary N) is 1. The van der Waals surface area contributed by atoms with Crippen LogP contribution in [-0.4, -0.2) is 5.91 Å². The number of carbonyl (C=O) groups excluding carboxylic acids is 1. The predicted octanol–water partition coefficient (Wildman–Crippen LogP) is 3.34. The van der Waals surface area contributed by atoms with Gasteiger partial charge in [-0.2, -0.15) is 0 Å². The predicted molar refractivity (Wildman–Crippen MR) is 81.0 cm³/mol. The molecule has 1 heterocycles. The van der Waals surface area contributed by atoms with Crippen LogP contribution < -0.4 is 11.1 Å². The summed E-state index contributed by atoms with van der Waals surface area (Å²) in [6.07, 6.45) is 0.365. The fourth-order valence-corrected chi connectivity index (χ4v) is 3.11. The molecule has 2 aromatic rings. The summed E-state index contributed by atoms with van der Waals surface area (Å²) in [5.41, 5.74) is 8.93. The first-order valence-electron chi connectivity index (χ1n) is 6.18. The summed E-state index contributed by atoms with van der Waals surface area (Å²) in [5.74, 6) is -0.0525. The number of nitrogen functional groups attached to an aromatic ring is 1. The summed E-state index contributed by atoms with van der Waals surface area (Å²) in [6.45, 7) is 0. The molecule has 1 aliphatic heterocycles. The van der Waals surface area contributed by atoms with Gasteiger partial charge in [0, 0.05) is 10.6 Å². The Morgan fingerprint density at radius 2 is 1.90 bits per heavy atom. The van der Waals surface area contributed by atoms with Crippen molar-refractivity contribution in [2.45, 2.75) is 12.5 Å². The van der Waals surface area contributed by atoms with Gasteiger partial charge in [0.1, 0.15) is 0 Å². The lowest BCUT2D eigenvalue weighted by Crippen LogP contribution is -2.36. The normalized spacial score (nSPS) is 17.5. The molecule has 0 radical (unpaired) electrons. The number of hydrogen-bond donors (Lipinski definition) is 2. The van der Waals surface area contributed by atoms with Crippen molar-refractivity contribution in [3.05, 3.63) is 63.1 Å². The summed E-state index contributed by atoms with van der Waals surface area (Å²) in [7, 11) is 0. The van der Waals surface area contributed by atoms with Gasteiger partial charge in [0.25, 0.3) is 0 Å². The third-order valence-electron chi connectivity index (χ3n) is 3.47. The molecule has 0 saturated carbocycles. The van der Waals surface area contributed by atoms with E-state index in [9.17, 15) is 4.79 Å². The number of rotatable bonds is 1. The number of fused-ring (bicyclic) bond motifs is 1. The summed E-state index contributed by atoms with van der Waals surface area (Å²) in [5, 5.41) is 3.81. The van der Waals surface area contributed by atoms with Gasteiger partial charge in [-0.15, -0.1) is 0 Å². The third-order valence-corrected chi connectivity index (χ3v) is 4.22. The molecule has 2 aromatic carbocycles. The molecule has 1 aliphatic rings. The Morgan fingerprint density at radius 3 is 2.70 bits per heavy atom. The molecular weight excluding hydrogens is 295 g/mol. The Balaban J connectivity index is 2.21. The van der Waals surface area contributed by atoms with Crippen molar-refractivity contribution in [2.24, 2.45) is 0 Å². The van der Waals surface area contributed by atoms with E-state index in [1.807, 2.05) is 24.3 Å². The average molecular weight is 307 g/mol.